The number of carbonyl (C=O) groups is 1. The summed E-state index contributed by atoms with van der Waals surface area (Å²) in [5.41, 5.74) is 0.755. The van der Waals surface area contributed by atoms with E-state index < -0.39 is 6.10 Å². The normalized spacial score (nSPS) is 22.4. The minimum atomic E-state index is -0.447. The predicted octanol–water partition coefficient (Wildman–Crippen LogP) is 2.70. The number of rotatable bonds is 4. The molecule has 2 N–H and O–H groups in total. The van der Waals surface area contributed by atoms with Crippen molar-refractivity contribution in [3.05, 3.63) is 28.8 Å². The summed E-state index contributed by atoms with van der Waals surface area (Å²) in [5.74, 6) is 0.539. The first-order valence-electron chi connectivity index (χ1n) is 7.40. The van der Waals surface area contributed by atoms with Crippen LogP contribution in [-0.4, -0.2) is 30.3 Å². The van der Waals surface area contributed by atoms with E-state index in [1.165, 1.54) is 0 Å². The van der Waals surface area contributed by atoms with Gasteiger partial charge in [0.2, 0.25) is 5.91 Å². The van der Waals surface area contributed by atoms with Crippen LogP contribution in [0.2, 0.25) is 5.02 Å². The maximum Gasteiger partial charge on any atom is 0.224 e. The van der Waals surface area contributed by atoms with Crippen molar-refractivity contribution < 1.29 is 14.6 Å². The zero-order valence-corrected chi connectivity index (χ0v) is 13.0. The Bertz CT molecular complexity index is 492. The Morgan fingerprint density at radius 3 is 2.90 bits per heavy atom. The number of methoxy groups -OCH3 is 1. The third kappa shape index (κ3) is 4.61. The molecule has 1 saturated carbocycles. The van der Waals surface area contributed by atoms with Crippen LogP contribution in [0.3, 0.4) is 0 Å². The summed E-state index contributed by atoms with van der Waals surface area (Å²) < 4.78 is 5.24. The van der Waals surface area contributed by atoms with Gasteiger partial charge in [0, 0.05) is 10.6 Å². The lowest BCUT2D eigenvalue weighted by Gasteiger charge is -2.22. The number of nitrogens with one attached hydrogen (secondary N) is 1. The third-order valence-electron chi connectivity index (χ3n) is 3.92. The highest BCUT2D eigenvalue weighted by atomic mass is 35.5. The zero-order valence-electron chi connectivity index (χ0n) is 12.3. The lowest BCUT2D eigenvalue weighted by molar-refractivity contribution is -0.122. The largest absolute Gasteiger partial charge is 0.496 e. The fraction of sp³-hybridized carbons (Fsp3) is 0.562. The van der Waals surface area contributed by atoms with E-state index in [0.29, 0.717) is 10.8 Å². The van der Waals surface area contributed by atoms with E-state index in [9.17, 15) is 9.90 Å². The van der Waals surface area contributed by atoms with E-state index in [1.54, 1.807) is 25.3 Å². The molecular formula is C16H22ClNO3. The van der Waals surface area contributed by atoms with Crippen molar-refractivity contribution in [1.29, 1.82) is 0 Å². The molecule has 0 heterocycles. The zero-order chi connectivity index (χ0) is 15.2. The predicted molar refractivity (Wildman–Crippen MR) is 82.7 cm³/mol. The highest BCUT2D eigenvalue weighted by Crippen LogP contribution is 2.23. The second-order valence-corrected chi connectivity index (χ2v) is 5.95. The Kier molecular flexibility index (Phi) is 5.88. The summed E-state index contributed by atoms with van der Waals surface area (Å²) in [6.07, 6.45) is 4.53. The minimum Gasteiger partial charge on any atom is -0.496 e. The molecule has 0 saturated heterocycles. The van der Waals surface area contributed by atoms with Crippen LogP contribution in [0.25, 0.3) is 0 Å². The van der Waals surface area contributed by atoms with Gasteiger partial charge >= 0.3 is 0 Å². The quantitative estimate of drug-likeness (QED) is 0.841. The number of aliphatic hydroxyl groups is 1. The topological polar surface area (TPSA) is 58.6 Å². The highest BCUT2D eigenvalue weighted by molar-refractivity contribution is 6.30. The second kappa shape index (κ2) is 7.66. The van der Waals surface area contributed by atoms with Gasteiger partial charge in [-0.2, -0.15) is 0 Å². The summed E-state index contributed by atoms with van der Waals surface area (Å²) in [6, 6.07) is 5.08. The van der Waals surface area contributed by atoms with Gasteiger partial charge in [0.05, 0.1) is 25.7 Å². The monoisotopic (exact) mass is 311 g/mol. The van der Waals surface area contributed by atoms with Crippen LogP contribution in [0.4, 0.5) is 0 Å². The molecule has 1 aromatic rings. The highest BCUT2D eigenvalue weighted by Gasteiger charge is 2.23. The molecule has 2 rings (SSSR count). The van der Waals surface area contributed by atoms with Crippen molar-refractivity contribution in [2.75, 3.05) is 7.11 Å². The lowest BCUT2D eigenvalue weighted by Crippen LogP contribution is -2.43. The van der Waals surface area contributed by atoms with E-state index in [-0.39, 0.29) is 18.4 Å². The lowest BCUT2D eigenvalue weighted by atomic mass is 10.0. The van der Waals surface area contributed by atoms with Gasteiger partial charge in [-0.1, -0.05) is 30.9 Å². The van der Waals surface area contributed by atoms with Gasteiger partial charge in [0.25, 0.3) is 0 Å². The number of halogens is 1. The molecule has 0 spiro atoms. The van der Waals surface area contributed by atoms with E-state index in [4.69, 9.17) is 16.3 Å². The van der Waals surface area contributed by atoms with Crippen molar-refractivity contribution in [1.82, 2.24) is 5.32 Å². The standard InChI is InChI=1S/C16H22ClNO3/c1-21-15-8-7-12(17)9-11(15)10-16(20)18-13-5-3-2-4-6-14(13)19/h7-9,13-14,19H,2-6,10H2,1H3,(H,18,20). The van der Waals surface area contributed by atoms with Crippen LogP contribution in [0.5, 0.6) is 5.75 Å². The Morgan fingerprint density at radius 2 is 2.14 bits per heavy atom. The van der Waals surface area contributed by atoms with Crippen LogP contribution in [-0.2, 0) is 11.2 Å². The molecule has 116 valence electrons. The third-order valence-corrected chi connectivity index (χ3v) is 4.15. The smallest absolute Gasteiger partial charge is 0.224 e. The fourth-order valence-corrected chi connectivity index (χ4v) is 2.97. The Balaban J connectivity index is 1.99. The molecule has 1 aliphatic carbocycles. The van der Waals surface area contributed by atoms with Gasteiger partial charge in [0.1, 0.15) is 5.75 Å². The van der Waals surface area contributed by atoms with Crippen LogP contribution in [0.1, 0.15) is 37.7 Å². The van der Waals surface area contributed by atoms with Crippen LogP contribution in [0, 0.1) is 0 Å². The molecule has 0 bridgehead atoms. The maximum atomic E-state index is 12.2. The first kappa shape index (κ1) is 16.1. The van der Waals surface area contributed by atoms with Crippen LogP contribution in [0.15, 0.2) is 18.2 Å². The Morgan fingerprint density at radius 1 is 1.38 bits per heavy atom. The molecule has 21 heavy (non-hydrogen) atoms. The Hall–Kier alpha value is -1.26. The number of ether oxygens (including phenoxy) is 1. The minimum absolute atomic E-state index is 0.110. The van der Waals surface area contributed by atoms with E-state index >= 15 is 0 Å². The molecule has 1 fully saturated rings. The van der Waals surface area contributed by atoms with Crippen molar-refractivity contribution in [2.24, 2.45) is 0 Å². The molecule has 5 heteroatoms. The summed E-state index contributed by atoms with van der Waals surface area (Å²) in [6.45, 7) is 0. The first-order chi connectivity index (χ1) is 10.1. The number of benzene rings is 1. The molecule has 1 aliphatic rings. The van der Waals surface area contributed by atoms with Gasteiger partial charge in [-0.15, -0.1) is 0 Å². The van der Waals surface area contributed by atoms with Crippen molar-refractivity contribution in [3.8, 4) is 5.75 Å². The van der Waals surface area contributed by atoms with Crippen molar-refractivity contribution in [3.63, 3.8) is 0 Å². The number of amides is 1. The average Bonchev–Trinajstić information content (AvgIpc) is 2.64. The van der Waals surface area contributed by atoms with E-state index in [1.807, 2.05) is 0 Å². The van der Waals surface area contributed by atoms with Gasteiger partial charge in [-0.25, -0.2) is 0 Å². The molecule has 2 unspecified atom stereocenters. The second-order valence-electron chi connectivity index (χ2n) is 5.51. The number of carbonyl (C=O) groups excluding carboxylic acids is 1. The summed E-state index contributed by atoms with van der Waals surface area (Å²) in [4.78, 5) is 12.2. The fourth-order valence-electron chi connectivity index (χ4n) is 2.77. The number of aliphatic hydroxyl groups excluding tert-OH is 1. The Labute approximate surface area is 130 Å². The van der Waals surface area contributed by atoms with Crippen molar-refractivity contribution in [2.45, 2.75) is 50.7 Å². The molecular weight excluding hydrogens is 290 g/mol. The summed E-state index contributed by atoms with van der Waals surface area (Å²) >= 11 is 5.97. The van der Waals surface area contributed by atoms with E-state index in [2.05, 4.69) is 5.32 Å². The molecule has 0 radical (unpaired) electrons. The summed E-state index contributed by atoms with van der Waals surface area (Å²) in [5, 5.41) is 13.6. The van der Waals surface area contributed by atoms with Crippen molar-refractivity contribution >= 4 is 17.5 Å². The molecule has 1 amide bonds. The maximum absolute atomic E-state index is 12.2. The van der Waals surface area contributed by atoms with Crippen LogP contribution < -0.4 is 10.1 Å². The molecule has 2 atom stereocenters. The first-order valence-corrected chi connectivity index (χ1v) is 7.78. The van der Waals surface area contributed by atoms with Crippen LogP contribution >= 0.6 is 11.6 Å². The van der Waals surface area contributed by atoms with Gasteiger partial charge < -0.3 is 15.2 Å². The molecule has 0 aromatic heterocycles. The molecule has 4 nitrogen and oxygen atoms in total. The number of hydrogen-bond donors (Lipinski definition) is 2. The molecule has 1 aromatic carbocycles. The number of hydrogen-bond acceptors (Lipinski definition) is 3. The summed E-state index contributed by atoms with van der Waals surface area (Å²) in [7, 11) is 1.57. The van der Waals surface area contributed by atoms with Gasteiger partial charge in [-0.3, -0.25) is 4.79 Å². The molecule has 0 aliphatic heterocycles. The van der Waals surface area contributed by atoms with Gasteiger partial charge in [0.15, 0.2) is 0 Å². The van der Waals surface area contributed by atoms with E-state index in [0.717, 1.165) is 37.7 Å². The SMILES string of the molecule is COc1ccc(Cl)cc1CC(=O)NC1CCCCCC1O. The average molecular weight is 312 g/mol. The van der Waals surface area contributed by atoms with Gasteiger partial charge in [-0.05, 0) is 31.0 Å².